The predicted molar refractivity (Wildman–Crippen MR) is 132 cm³/mol. The highest BCUT2D eigenvalue weighted by atomic mass is 35.5. The molecule has 0 atom stereocenters. The summed E-state index contributed by atoms with van der Waals surface area (Å²) in [5.74, 6) is 0. The van der Waals surface area contributed by atoms with Crippen molar-refractivity contribution in [3.63, 3.8) is 0 Å². The SMILES string of the molecule is Cl.Clc1cc2c(cc1Cl)-c1sc(COCCN3CCCC3)cc1-c1ccccc1S2. The zero-order valence-corrected chi connectivity index (χ0v) is 20.3. The van der Waals surface area contributed by atoms with Crippen LogP contribution in [-0.2, 0) is 11.3 Å². The first-order valence-corrected chi connectivity index (χ1v) is 12.3. The van der Waals surface area contributed by atoms with Crippen molar-refractivity contribution in [1.29, 1.82) is 0 Å². The van der Waals surface area contributed by atoms with E-state index in [0.29, 0.717) is 16.7 Å². The van der Waals surface area contributed by atoms with E-state index in [1.807, 2.05) is 12.1 Å². The van der Waals surface area contributed by atoms with E-state index < -0.39 is 0 Å². The van der Waals surface area contributed by atoms with Crippen LogP contribution in [0.15, 0.2) is 52.3 Å². The highest BCUT2D eigenvalue weighted by Crippen LogP contribution is 2.52. The smallest absolute Gasteiger partial charge is 0.0810 e. The van der Waals surface area contributed by atoms with Crippen molar-refractivity contribution in [3.8, 4) is 21.6 Å². The molecule has 0 saturated carbocycles. The van der Waals surface area contributed by atoms with Crippen LogP contribution < -0.4 is 0 Å². The van der Waals surface area contributed by atoms with Gasteiger partial charge in [-0.2, -0.15) is 0 Å². The lowest BCUT2D eigenvalue weighted by atomic mass is 10.0. The van der Waals surface area contributed by atoms with Crippen molar-refractivity contribution >= 4 is 58.7 Å². The van der Waals surface area contributed by atoms with Crippen LogP contribution in [0.3, 0.4) is 0 Å². The van der Waals surface area contributed by atoms with Gasteiger partial charge in [-0.15, -0.1) is 23.7 Å². The van der Waals surface area contributed by atoms with Gasteiger partial charge in [0, 0.05) is 37.2 Å². The second kappa shape index (κ2) is 9.83. The van der Waals surface area contributed by atoms with Crippen LogP contribution >= 0.6 is 58.7 Å². The van der Waals surface area contributed by atoms with Crippen molar-refractivity contribution in [2.75, 3.05) is 26.2 Å². The molecule has 0 unspecified atom stereocenters. The molecule has 0 radical (unpaired) electrons. The van der Waals surface area contributed by atoms with Gasteiger partial charge < -0.3 is 9.64 Å². The van der Waals surface area contributed by atoms with E-state index in [4.69, 9.17) is 27.9 Å². The summed E-state index contributed by atoms with van der Waals surface area (Å²) in [6.07, 6.45) is 2.64. The summed E-state index contributed by atoms with van der Waals surface area (Å²) in [4.78, 5) is 7.36. The molecule has 2 nitrogen and oxygen atoms in total. The van der Waals surface area contributed by atoms with Crippen LogP contribution in [0, 0.1) is 0 Å². The number of hydrogen-bond donors (Lipinski definition) is 0. The number of thiophene rings is 1. The number of halogens is 3. The van der Waals surface area contributed by atoms with Gasteiger partial charge in [-0.3, -0.25) is 0 Å². The van der Waals surface area contributed by atoms with E-state index in [1.165, 1.54) is 51.7 Å². The van der Waals surface area contributed by atoms with E-state index in [1.54, 1.807) is 23.1 Å². The molecule has 2 aliphatic heterocycles. The summed E-state index contributed by atoms with van der Waals surface area (Å²) in [6.45, 7) is 4.89. The first kappa shape index (κ1) is 22.5. The zero-order valence-electron chi connectivity index (χ0n) is 16.3. The highest BCUT2D eigenvalue weighted by molar-refractivity contribution is 7.99. The van der Waals surface area contributed by atoms with Gasteiger partial charge in [0.15, 0.2) is 0 Å². The molecular formula is C23H22Cl3NOS2. The number of nitrogens with zero attached hydrogens (tertiary/aromatic N) is 1. The fraction of sp³-hybridized carbons (Fsp3) is 0.304. The van der Waals surface area contributed by atoms with E-state index in [2.05, 4.69) is 35.2 Å². The maximum Gasteiger partial charge on any atom is 0.0810 e. The maximum atomic E-state index is 6.38. The maximum absolute atomic E-state index is 6.38. The number of likely N-dealkylation sites (tertiary alicyclic amines) is 1. The summed E-state index contributed by atoms with van der Waals surface area (Å²) in [6, 6.07) is 14.8. The van der Waals surface area contributed by atoms with E-state index in [-0.39, 0.29) is 12.4 Å². The lowest BCUT2D eigenvalue weighted by molar-refractivity contribution is 0.101. The quantitative estimate of drug-likeness (QED) is 0.260. The summed E-state index contributed by atoms with van der Waals surface area (Å²) in [7, 11) is 0. The predicted octanol–water partition coefficient (Wildman–Crippen LogP) is 7.89. The number of benzene rings is 2. The molecule has 0 amide bonds. The largest absolute Gasteiger partial charge is 0.375 e. The van der Waals surface area contributed by atoms with E-state index >= 15 is 0 Å². The van der Waals surface area contributed by atoms with Gasteiger partial charge in [-0.25, -0.2) is 0 Å². The lowest BCUT2D eigenvalue weighted by Crippen LogP contribution is -2.23. The Morgan fingerprint density at radius 3 is 2.50 bits per heavy atom. The minimum atomic E-state index is 0. The van der Waals surface area contributed by atoms with E-state index in [0.717, 1.165) is 23.6 Å². The number of hydrogen-bond acceptors (Lipinski definition) is 4. The topological polar surface area (TPSA) is 12.5 Å². The van der Waals surface area contributed by atoms with Crippen molar-refractivity contribution in [3.05, 3.63) is 57.4 Å². The molecule has 0 spiro atoms. The van der Waals surface area contributed by atoms with Gasteiger partial charge in [0.1, 0.15) is 0 Å². The van der Waals surface area contributed by atoms with Crippen LogP contribution in [-0.4, -0.2) is 31.1 Å². The molecule has 5 rings (SSSR count). The Labute approximate surface area is 201 Å². The molecule has 3 aromatic rings. The number of rotatable bonds is 5. The third kappa shape index (κ3) is 4.56. The minimum Gasteiger partial charge on any atom is -0.375 e. The van der Waals surface area contributed by atoms with E-state index in [9.17, 15) is 0 Å². The molecule has 3 heterocycles. The molecule has 1 saturated heterocycles. The van der Waals surface area contributed by atoms with Gasteiger partial charge in [-0.1, -0.05) is 53.2 Å². The van der Waals surface area contributed by atoms with Gasteiger partial charge in [-0.05, 0) is 55.8 Å². The molecule has 1 fully saturated rings. The monoisotopic (exact) mass is 497 g/mol. The van der Waals surface area contributed by atoms with Crippen molar-refractivity contribution in [2.24, 2.45) is 0 Å². The van der Waals surface area contributed by atoms with Crippen LogP contribution in [0.25, 0.3) is 21.6 Å². The Morgan fingerprint density at radius 2 is 1.67 bits per heavy atom. The third-order valence-electron chi connectivity index (χ3n) is 5.44. The van der Waals surface area contributed by atoms with Gasteiger partial charge in [0.05, 0.1) is 23.3 Å². The average molecular weight is 499 g/mol. The zero-order chi connectivity index (χ0) is 19.8. The Bertz CT molecular complexity index is 1050. The molecule has 0 bridgehead atoms. The van der Waals surface area contributed by atoms with Gasteiger partial charge >= 0.3 is 0 Å². The molecule has 0 N–H and O–H groups in total. The second-order valence-corrected chi connectivity index (χ2v) is 10.5. The van der Waals surface area contributed by atoms with Crippen LogP contribution in [0.5, 0.6) is 0 Å². The second-order valence-electron chi connectivity index (χ2n) is 7.42. The summed E-state index contributed by atoms with van der Waals surface area (Å²) in [5.41, 5.74) is 3.67. The molecule has 0 aliphatic carbocycles. The number of fused-ring (bicyclic) bond motifs is 5. The van der Waals surface area contributed by atoms with Gasteiger partial charge in [0.25, 0.3) is 0 Å². The van der Waals surface area contributed by atoms with Crippen molar-refractivity contribution < 1.29 is 4.74 Å². The molecule has 2 aliphatic rings. The van der Waals surface area contributed by atoms with Crippen LogP contribution in [0.2, 0.25) is 10.0 Å². The molecule has 7 heteroatoms. The average Bonchev–Trinajstić information content (AvgIpc) is 3.36. The van der Waals surface area contributed by atoms with Crippen molar-refractivity contribution in [2.45, 2.75) is 29.2 Å². The summed E-state index contributed by atoms with van der Waals surface area (Å²) < 4.78 is 6.03. The molecular weight excluding hydrogens is 477 g/mol. The summed E-state index contributed by atoms with van der Waals surface area (Å²) >= 11 is 16.3. The first-order chi connectivity index (χ1) is 14.2. The fourth-order valence-corrected chi connectivity index (χ4v) is 6.69. The summed E-state index contributed by atoms with van der Waals surface area (Å²) in [5, 5.41) is 1.20. The van der Waals surface area contributed by atoms with Crippen molar-refractivity contribution in [1.82, 2.24) is 4.90 Å². The molecule has 2 aromatic carbocycles. The normalized spacial score (nSPS) is 15.1. The Balaban J connectivity index is 0.00000218. The molecule has 158 valence electrons. The van der Waals surface area contributed by atoms with Crippen LogP contribution in [0.4, 0.5) is 0 Å². The molecule has 30 heavy (non-hydrogen) atoms. The Morgan fingerprint density at radius 1 is 0.900 bits per heavy atom. The van der Waals surface area contributed by atoms with Crippen LogP contribution in [0.1, 0.15) is 17.7 Å². The third-order valence-corrected chi connectivity index (χ3v) is 8.44. The highest BCUT2D eigenvalue weighted by Gasteiger charge is 2.23. The molecule has 1 aromatic heterocycles. The Hall–Kier alpha value is -0.720. The first-order valence-electron chi connectivity index (χ1n) is 9.88. The fourth-order valence-electron chi connectivity index (χ4n) is 3.97. The van der Waals surface area contributed by atoms with Gasteiger partial charge in [0.2, 0.25) is 0 Å². The lowest BCUT2D eigenvalue weighted by Gasteiger charge is -2.13. The standard InChI is InChI=1S/C23H21Cl2NOS2.ClH/c24-19-12-18-22(13-20(19)25)29-21-6-2-1-5-16(21)17-11-15(28-23(17)18)14-27-10-9-26-7-3-4-8-26;/h1-2,5-6,11-13H,3-4,7-10,14H2;1H. The minimum absolute atomic E-state index is 0. The number of ether oxygens (including phenoxy) is 1. The Kier molecular flexibility index (Phi) is 7.36.